The zero-order chi connectivity index (χ0) is 16.9. The van der Waals surface area contributed by atoms with Crippen molar-refractivity contribution in [1.29, 1.82) is 0 Å². The summed E-state index contributed by atoms with van der Waals surface area (Å²) in [6, 6.07) is 9.42. The largest absolute Gasteiger partial charge is 0.347 e. The summed E-state index contributed by atoms with van der Waals surface area (Å²) in [7, 11) is 3.71. The SMILES string of the molecule is C=CCCCCCN(C)C(=NC)NCC(=O)Nc1ccccc1.I. The van der Waals surface area contributed by atoms with E-state index in [4.69, 9.17) is 0 Å². The number of halogens is 1. The van der Waals surface area contributed by atoms with E-state index >= 15 is 0 Å². The van der Waals surface area contributed by atoms with Gasteiger partial charge in [0.15, 0.2) is 5.96 Å². The van der Waals surface area contributed by atoms with Crippen molar-refractivity contribution in [3.63, 3.8) is 0 Å². The smallest absolute Gasteiger partial charge is 0.243 e. The molecular weight excluding hydrogens is 415 g/mol. The average Bonchev–Trinajstić information content (AvgIpc) is 2.56. The van der Waals surface area contributed by atoms with Crippen LogP contribution in [-0.2, 0) is 4.79 Å². The number of carbonyl (C=O) groups is 1. The minimum Gasteiger partial charge on any atom is -0.347 e. The molecule has 0 aliphatic carbocycles. The molecule has 5 nitrogen and oxygen atoms in total. The Bertz CT molecular complexity index is 505. The number of allylic oxidation sites excluding steroid dienone is 1. The normalized spacial score (nSPS) is 10.5. The first-order valence-corrected chi connectivity index (χ1v) is 8.05. The first-order chi connectivity index (χ1) is 11.2. The molecule has 0 unspecified atom stereocenters. The molecule has 0 heterocycles. The van der Waals surface area contributed by atoms with Crippen LogP contribution in [0.3, 0.4) is 0 Å². The molecule has 1 aromatic rings. The van der Waals surface area contributed by atoms with Gasteiger partial charge in [0.2, 0.25) is 5.91 Å². The van der Waals surface area contributed by atoms with E-state index in [0.717, 1.165) is 31.0 Å². The fourth-order valence-corrected chi connectivity index (χ4v) is 2.19. The lowest BCUT2D eigenvalue weighted by atomic mass is 10.2. The van der Waals surface area contributed by atoms with Crippen LogP contribution in [0.1, 0.15) is 25.7 Å². The van der Waals surface area contributed by atoms with Crippen LogP contribution in [-0.4, -0.2) is 44.0 Å². The Morgan fingerprint density at radius 2 is 1.96 bits per heavy atom. The monoisotopic (exact) mass is 444 g/mol. The van der Waals surface area contributed by atoms with Crippen LogP contribution in [0, 0.1) is 0 Å². The van der Waals surface area contributed by atoms with E-state index in [1.54, 1.807) is 7.05 Å². The number of unbranched alkanes of at least 4 members (excludes halogenated alkanes) is 3. The molecule has 134 valence electrons. The van der Waals surface area contributed by atoms with E-state index in [1.165, 1.54) is 12.8 Å². The maximum Gasteiger partial charge on any atom is 0.243 e. The van der Waals surface area contributed by atoms with Crippen molar-refractivity contribution in [2.24, 2.45) is 4.99 Å². The Labute approximate surface area is 162 Å². The number of nitrogens with one attached hydrogen (secondary N) is 2. The van der Waals surface area contributed by atoms with Gasteiger partial charge in [0.05, 0.1) is 6.54 Å². The van der Waals surface area contributed by atoms with E-state index in [9.17, 15) is 4.79 Å². The Morgan fingerprint density at radius 1 is 1.25 bits per heavy atom. The van der Waals surface area contributed by atoms with Crippen molar-refractivity contribution in [2.45, 2.75) is 25.7 Å². The Hall–Kier alpha value is -1.57. The number of anilines is 1. The van der Waals surface area contributed by atoms with Gasteiger partial charge in [0.1, 0.15) is 0 Å². The van der Waals surface area contributed by atoms with Gasteiger partial charge < -0.3 is 15.5 Å². The van der Waals surface area contributed by atoms with Crippen LogP contribution in [0.5, 0.6) is 0 Å². The minimum absolute atomic E-state index is 0. The topological polar surface area (TPSA) is 56.7 Å². The maximum absolute atomic E-state index is 11.9. The highest BCUT2D eigenvalue weighted by Gasteiger charge is 2.08. The predicted molar refractivity (Wildman–Crippen MR) is 113 cm³/mol. The van der Waals surface area contributed by atoms with Gasteiger partial charge in [-0.05, 0) is 31.4 Å². The van der Waals surface area contributed by atoms with Gasteiger partial charge in [-0.15, -0.1) is 30.6 Å². The number of benzene rings is 1. The molecule has 0 fully saturated rings. The third-order valence-corrected chi connectivity index (χ3v) is 3.44. The second-order valence-electron chi connectivity index (χ2n) is 5.37. The van der Waals surface area contributed by atoms with E-state index in [2.05, 4.69) is 22.2 Å². The van der Waals surface area contributed by atoms with E-state index in [1.807, 2.05) is 48.4 Å². The number of nitrogens with zero attached hydrogens (tertiary/aromatic N) is 2. The van der Waals surface area contributed by atoms with Crippen LogP contribution in [0.15, 0.2) is 48.0 Å². The molecule has 0 saturated heterocycles. The molecular formula is C18H29IN4O. The lowest BCUT2D eigenvalue weighted by Crippen LogP contribution is -2.42. The molecule has 1 aromatic carbocycles. The molecule has 0 spiro atoms. The fraction of sp³-hybridized carbons (Fsp3) is 0.444. The second-order valence-corrected chi connectivity index (χ2v) is 5.37. The summed E-state index contributed by atoms with van der Waals surface area (Å²) >= 11 is 0. The molecule has 1 amide bonds. The van der Waals surface area contributed by atoms with E-state index < -0.39 is 0 Å². The molecule has 0 bridgehead atoms. The predicted octanol–water partition coefficient (Wildman–Crippen LogP) is 3.50. The molecule has 2 N–H and O–H groups in total. The van der Waals surface area contributed by atoms with Crippen molar-refractivity contribution in [3.05, 3.63) is 43.0 Å². The third-order valence-electron chi connectivity index (χ3n) is 3.44. The number of rotatable bonds is 9. The standard InChI is InChI=1S/C18H28N4O.HI/c1-4-5-6-7-11-14-22(3)18(19-2)20-15-17(23)21-16-12-9-8-10-13-16;/h4,8-10,12-13H,1,5-7,11,14-15H2,2-3H3,(H,19,20)(H,21,23);1H. The molecule has 0 saturated carbocycles. The summed E-state index contributed by atoms with van der Waals surface area (Å²) in [4.78, 5) is 18.2. The van der Waals surface area contributed by atoms with Gasteiger partial charge in [-0.1, -0.05) is 30.7 Å². The van der Waals surface area contributed by atoms with Crippen LogP contribution < -0.4 is 10.6 Å². The van der Waals surface area contributed by atoms with E-state index in [-0.39, 0.29) is 36.4 Å². The number of hydrogen-bond donors (Lipinski definition) is 2. The summed E-state index contributed by atoms with van der Waals surface area (Å²) < 4.78 is 0. The third kappa shape index (κ3) is 9.54. The zero-order valence-electron chi connectivity index (χ0n) is 14.6. The second kappa shape index (κ2) is 13.8. The highest BCUT2D eigenvalue weighted by atomic mass is 127. The van der Waals surface area contributed by atoms with Crippen molar-refractivity contribution >= 4 is 41.5 Å². The van der Waals surface area contributed by atoms with Crippen LogP contribution in [0.4, 0.5) is 5.69 Å². The van der Waals surface area contributed by atoms with Gasteiger partial charge in [0, 0.05) is 26.3 Å². The lowest BCUT2D eigenvalue weighted by Gasteiger charge is -2.21. The number of carbonyl (C=O) groups excluding carboxylic acids is 1. The average molecular weight is 444 g/mol. The van der Waals surface area contributed by atoms with Crippen molar-refractivity contribution < 1.29 is 4.79 Å². The van der Waals surface area contributed by atoms with Gasteiger partial charge in [-0.2, -0.15) is 0 Å². The molecule has 6 heteroatoms. The maximum atomic E-state index is 11.9. The Kier molecular flexibility index (Phi) is 12.9. The molecule has 0 aliphatic rings. The van der Waals surface area contributed by atoms with Crippen molar-refractivity contribution in [1.82, 2.24) is 10.2 Å². The summed E-state index contributed by atoms with van der Waals surface area (Å²) in [6.07, 6.45) is 6.46. The summed E-state index contributed by atoms with van der Waals surface area (Å²) in [5.41, 5.74) is 0.796. The summed E-state index contributed by atoms with van der Waals surface area (Å²) in [6.45, 7) is 4.84. The first kappa shape index (κ1) is 22.4. The van der Waals surface area contributed by atoms with Crippen LogP contribution in [0.25, 0.3) is 0 Å². The van der Waals surface area contributed by atoms with Crippen molar-refractivity contribution in [3.8, 4) is 0 Å². The quantitative estimate of drug-likeness (QED) is 0.202. The number of aliphatic imine (C=N–C) groups is 1. The summed E-state index contributed by atoms with van der Waals surface area (Å²) in [5.74, 6) is 0.647. The van der Waals surface area contributed by atoms with E-state index in [0.29, 0.717) is 0 Å². The molecule has 0 aliphatic heterocycles. The van der Waals surface area contributed by atoms with Gasteiger partial charge >= 0.3 is 0 Å². The van der Waals surface area contributed by atoms with Crippen LogP contribution >= 0.6 is 24.0 Å². The highest BCUT2D eigenvalue weighted by Crippen LogP contribution is 2.04. The van der Waals surface area contributed by atoms with Crippen LogP contribution in [0.2, 0.25) is 0 Å². The number of para-hydroxylation sites is 1. The molecule has 1 rings (SSSR count). The van der Waals surface area contributed by atoms with Gasteiger partial charge in [0.25, 0.3) is 0 Å². The number of guanidine groups is 1. The zero-order valence-corrected chi connectivity index (χ0v) is 17.0. The van der Waals surface area contributed by atoms with Crippen molar-refractivity contribution in [2.75, 3.05) is 32.5 Å². The molecule has 0 atom stereocenters. The summed E-state index contributed by atoms with van der Waals surface area (Å²) in [5, 5.41) is 5.93. The minimum atomic E-state index is -0.0864. The Morgan fingerprint density at radius 3 is 2.58 bits per heavy atom. The number of hydrogen-bond acceptors (Lipinski definition) is 2. The van der Waals surface area contributed by atoms with Gasteiger partial charge in [-0.25, -0.2) is 0 Å². The highest BCUT2D eigenvalue weighted by molar-refractivity contribution is 14.0. The fourth-order valence-electron chi connectivity index (χ4n) is 2.19. The van der Waals surface area contributed by atoms with Gasteiger partial charge in [-0.3, -0.25) is 9.79 Å². The number of amides is 1. The Balaban J connectivity index is 0.00000529. The molecule has 24 heavy (non-hydrogen) atoms. The molecule has 0 radical (unpaired) electrons. The first-order valence-electron chi connectivity index (χ1n) is 8.05. The lowest BCUT2D eigenvalue weighted by molar-refractivity contribution is -0.115. The molecule has 0 aromatic heterocycles.